The van der Waals surface area contributed by atoms with Crippen molar-refractivity contribution in [1.82, 2.24) is 4.90 Å². The summed E-state index contributed by atoms with van der Waals surface area (Å²) in [6.45, 7) is 1.99. The molecule has 88 valence electrons. The van der Waals surface area contributed by atoms with Crippen LogP contribution in [-0.4, -0.2) is 35.7 Å². The van der Waals surface area contributed by atoms with E-state index in [1.54, 1.807) is 0 Å². The minimum absolute atomic E-state index is 0.389. The number of carboxylic acid groups (broad SMARTS) is 1. The highest BCUT2D eigenvalue weighted by atomic mass is 16.4. The Kier molecular flexibility index (Phi) is 3.20. The zero-order valence-corrected chi connectivity index (χ0v) is 9.39. The van der Waals surface area contributed by atoms with Gasteiger partial charge in [0.2, 0.25) is 0 Å². The Morgan fingerprint density at radius 1 is 1.59 bits per heavy atom. The summed E-state index contributed by atoms with van der Waals surface area (Å²) >= 11 is 0. The number of carbonyl (C=O) groups is 1. The van der Waals surface area contributed by atoms with Crippen molar-refractivity contribution in [1.29, 1.82) is 0 Å². The molecule has 0 spiro atoms. The molecule has 1 aliphatic heterocycles. The van der Waals surface area contributed by atoms with Gasteiger partial charge in [-0.05, 0) is 18.2 Å². The SMILES string of the molecule is C#Cc1cccc(NCC2CN(C(=O)O)C2)c1. The van der Waals surface area contributed by atoms with Gasteiger partial charge >= 0.3 is 6.09 Å². The second kappa shape index (κ2) is 4.79. The van der Waals surface area contributed by atoms with Crippen LogP contribution in [0.5, 0.6) is 0 Å². The molecule has 0 atom stereocenters. The van der Waals surface area contributed by atoms with Crippen LogP contribution in [0.1, 0.15) is 5.56 Å². The van der Waals surface area contributed by atoms with Crippen LogP contribution < -0.4 is 5.32 Å². The van der Waals surface area contributed by atoms with Gasteiger partial charge in [-0.2, -0.15) is 0 Å². The van der Waals surface area contributed by atoms with E-state index in [0.29, 0.717) is 19.0 Å². The molecule has 1 aromatic carbocycles. The molecule has 1 aromatic rings. The molecular weight excluding hydrogens is 216 g/mol. The van der Waals surface area contributed by atoms with E-state index in [4.69, 9.17) is 11.5 Å². The first-order valence-corrected chi connectivity index (χ1v) is 5.47. The number of hydrogen-bond donors (Lipinski definition) is 2. The molecule has 4 nitrogen and oxygen atoms in total. The quantitative estimate of drug-likeness (QED) is 0.777. The molecule has 1 heterocycles. The number of likely N-dealkylation sites (tertiary alicyclic amines) is 1. The van der Waals surface area contributed by atoms with Crippen LogP contribution in [0.3, 0.4) is 0 Å². The maximum Gasteiger partial charge on any atom is 0.407 e. The molecule has 1 fully saturated rings. The largest absolute Gasteiger partial charge is 0.465 e. The lowest BCUT2D eigenvalue weighted by Crippen LogP contribution is -2.51. The lowest BCUT2D eigenvalue weighted by atomic mass is 10.0. The first-order valence-electron chi connectivity index (χ1n) is 5.47. The fourth-order valence-corrected chi connectivity index (χ4v) is 1.84. The summed E-state index contributed by atoms with van der Waals surface area (Å²) < 4.78 is 0. The zero-order chi connectivity index (χ0) is 12.3. The summed E-state index contributed by atoms with van der Waals surface area (Å²) in [6, 6.07) is 7.64. The van der Waals surface area contributed by atoms with E-state index in [-0.39, 0.29) is 0 Å². The Hall–Kier alpha value is -2.15. The number of nitrogens with zero attached hydrogens (tertiary/aromatic N) is 1. The zero-order valence-electron chi connectivity index (χ0n) is 9.39. The summed E-state index contributed by atoms with van der Waals surface area (Å²) in [4.78, 5) is 12.0. The van der Waals surface area contributed by atoms with Crippen molar-refractivity contribution >= 4 is 11.8 Å². The van der Waals surface area contributed by atoms with E-state index in [1.165, 1.54) is 4.90 Å². The van der Waals surface area contributed by atoms with Gasteiger partial charge < -0.3 is 15.3 Å². The van der Waals surface area contributed by atoms with Crippen LogP contribution in [-0.2, 0) is 0 Å². The number of hydrogen-bond acceptors (Lipinski definition) is 2. The topological polar surface area (TPSA) is 52.6 Å². The van der Waals surface area contributed by atoms with E-state index >= 15 is 0 Å². The third-order valence-electron chi connectivity index (χ3n) is 2.85. The molecule has 0 saturated carbocycles. The molecular formula is C13H14N2O2. The lowest BCUT2D eigenvalue weighted by Gasteiger charge is -2.37. The van der Waals surface area contributed by atoms with Gasteiger partial charge in [-0.25, -0.2) is 4.79 Å². The van der Waals surface area contributed by atoms with E-state index < -0.39 is 6.09 Å². The Balaban J connectivity index is 1.80. The van der Waals surface area contributed by atoms with Gasteiger partial charge in [0.15, 0.2) is 0 Å². The Morgan fingerprint density at radius 2 is 2.35 bits per heavy atom. The second-order valence-electron chi connectivity index (χ2n) is 4.16. The van der Waals surface area contributed by atoms with Crippen LogP contribution in [0.2, 0.25) is 0 Å². The fourth-order valence-electron chi connectivity index (χ4n) is 1.84. The summed E-state index contributed by atoms with van der Waals surface area (Å²) in [6.07, 6.45) is 4.48. The summed E-state index contributed by atoms with van der Waals surface area (Å²) in [5.41, 5.74) is 1.82. The van der Waals surface area contributed by atoms with Crippen molar-refractivity contribution in [3.8, 4) is 12.3 Å². The summed E-state index contributed by atoms with van der Waals surface area (Å²) in [7, 11) is 0. The van der Waals surface area contributed by atoms with Crippen molar-refractivity contribution in [2.45, 2.75) is 0 Å². The van der Waals surface area contributed by atoms with Crippen LogP contribution in [0.25, 0.3) is 0 Å². The maximum absolute atomic E-state index is 10.6. The molecule has 0 aromatic heterocycles. The molecule has 0 bridgehead atoms. The van der Waals surface area contributed by atoms with E-state index in [0.717, 1.165) is 17.8 Å². The molecule has 17 heavy (non-hydrogen) atoms. The molecule has 1 amide bonds. The summed E-state index contributed by atoms with van der Waals surface area (Å²) in [5, 5.41) is 12.0. The molecule has 1 saturated heterocycles. The predicted molar refractivity (Wildman–Crippen MR) is 66.0 cm³/mol. The smallest absolute Gasteiger partial charge is 0.407 e. The van der Waals surface area contributed by atoms with Crippen molar-refractivity contribution in [2.24, 2.45) is 5.92 Å². The maximum atomic E-state index is 10.6. The fraction of sp³-hybridized carbons (Fsp3) is 0.308. The van der Waals surface area contributed by atoms with Gasteiger partial charge in [0, 0.05) is 36.8 Å². The first kappa shape index (κ1) is 11.3. The number of rotatable bonds is 3. The molecule has 0 radical (unpaired) electrons. The van der Waals surface area contributed by atoms with Crippen LogP contribution in [0, 0.1) is 18.3 Å². The number of anilines is 1. The Labute approximate surface area is 100 Å². The summed E-state index contributed by atoms with van der Waals surface area (Å²) in [5.74, 6) is 2.97. The molecule has 4 heteroatoms. The minimum Gasteiger partial charge on any atom is -0.465 e. The highest BCUT2D eigenvalue weighted by Gasteiger charge is 2.29. The van der Waals surface area contributed by atoms with E-state index in [9.17, 15) is 4.79 Å². The Bertz CT molecular complexity index is 459. The molecule has 0 aliphatic carbocycles. The number of nitrogens with one attached hydrogen (secondary N) is 1. The standard InChI is InChI=1S/C13H14N2O2/c1-2-10-4-3-5-12(6-10)14-7-11-8-15(9-11)13(16)17/h1,3-6,11,14H,7-9H2,(H,16,17). The van der Waals surface area contributed by atoms with Crippen LogP contribution >= 0.6 is 0 Å². The van der Waals surface area contributed by atoms with Gasteiger partial charge in [0.25, 0.3) is 0 Å². The van der Waals surface area contributed by atoms with Gasteiger partial charge in [0.1, 0.15) is 0 Å². The van der Waals surface area contributed by atoms with E-state index in [2.05, 4.69) is 11.2 Å². The van der Waals surface area contributed by atoms with Gasteiger partial charge in [-0.3, -0.25) is 0 Å². The number of amides is 1. The minimum atomic E-state index is -0.837. The average Bonchev–Trinajstić information content (AvgIpc) is 2.27. The highest BCUT2D eigenvalue weighted by molar-refractivity contribution is 5.66. The Morgan fingerprint density at radius 3 is 3.00 bits per heavy atom. The number of terminal acetylenes is 1. The highest BCUT2D eigenvalue weighted by Crippen LogP contribution is 2.17. The average molecular weight is 230 g/mol. The van der Waals surface area contributed by atoms with Crippen molar-refractivity contribution in [2.75, 3.05) is 25.0 Å². The molecule has 2 rings (SSSR count). The first-order chi connectivity index (χ1) is 8.19. The monoisotopic (exact) mass is 230 g/mol. The lowest BCUT2D eigenvalue weighted by molar-refractivity contribution is 0.0864. The number of benzene rings is 1. The van der Waals surface area contributed by atoms with Gasteiger partial charge in [-0.1, -0.05) is 12.0 Å². The third kappa shape index (κ3) is 2.70. The normalized spacial score (nSPS) is 14.9. The van der Waals surface area contributed by atoms with Gasteiger partial charge in [0.05, 0.1) is 0 Å². The molecule has 0 unspecified atom stereocenters. The third-order valence-corrected chi connectivity index (χ3v) is 2.85. The predicted octanol–water partition coefficient (Wildman–Crippen LogP) is 1.69. The van der Waals surface area contributed by atoms with E-state index in [1.807, 2.05) is 24.3 Å². The van der Waals surface area contributed by atoms with Crippen LogP contribution in [0.4, 0.5) is 10.5 Å². The van der Waals surface area contributed by atoms with Gasteiger partial charge in [-0.15, -0.1) is 6.42 Å². The van der Waals surface area contributed by atoms with Crippen molar-refractivity contribution in [3.63, 3.8) is 0 Å². The van der Waals surface area contributed by atoms with Crippen molar-refractivity contribution in [3.05, 3.63) is 29.8 Å². The van der Waals surface area contributed by atoms with Crippen LogP contribution in [0.15, 0.2) is 24.3 Å². The molecule has 2 N–H and O–H groups in total. The second-order valence-corrected chi connectivity index (χ2v) is 4.16. The molecule has 1 aliphatic rings. The van der Waals surface area contributed by atoms with Crippen molar-refractivity contribution < 1.29 is 9.90 Å².